The van der Waals surface area contributed by atoms with E-state index in [2.05, 4.69) is 10.6 Å². The number of carbonyl (C=O) groups is 2. The predicted molar refractivity (Wildman–Crippen MR) is 57.2 cm³/mol. The zero-order valence-electron chi connectivity index (χ0n) is 9.76. The highest BCUT2D eigenvalue weighted by molar-refractivity contribution is 6.06. The molecule has 2 N–H and O–H groups in total. The molecule has 1 rings (SSSR count). The highest BCUT2D eigenvalue weighted by atomic mass is 16.2. The minimum atomic E-state index is -0.779. The summed E-state index contributed by atoms with van der Waals surface area (Å²) in [6.45, 7) is 8.06. The van der Waals surface area contributed by atoms with Gasteiger partial charge in [0, 0.05) is 0 Å². The highest BCUT2D eigenvalue weighted by Gasteiger charge is 2.46. The van der Waals surface area contributed by atoms with Crippen molar-refractivity contribution in [1.82, 2.24) is 15.5 Å². The molecule has 0 aromatic rings. The Kier molecular flexibility index (Phi) is 3.34. The van der Waals surface area contributed by atoms with Gasteiger partial charge in [0.15, 0.2) is 0 Å². The van der Waals surface area contributed by atoms with Crippen LogP contribution in [0, 0.1) is 0 Å². The van der Waals surface area contributed by atoms with Crippen LogP contribution in [-0.2, 0) is 4.79 Å². The monoisotopic (exact) mass is 213 g/mol. The standard InChI is InChI=1S/C10H19N3O2/c1-5-6-11-7(2)13-8(14)10(3,4)12-9(13)15/h7,11H,5-6H2,1-4H3,(H,12,15). The molecule has 86 valence electrons. The summed E-state index contributed by atoms with van der Waals surface area (Å²) in [5, 5.41) is 5.76. The average molecular weight is 213 g/mol. The van der Waals surface area contributed by atoms with Gasteiger partial charge in [0.05, 0.1) is 6.17 Å². The number of hydrogen-bond donors (Lipinski definition) is 2. The van der Waals surface area contributed by atoms with Crippen molar-refractivity contribution in [3.05, 3.63) is 0 Å². The van der Waals surface area contributed by atoms with E-state index in [0.29, 0.717) is 0 Å². The summed E-state index contributed by atoms with van der Waals surface area (Å²) in [5.41, 5.74) is -0.779. The number of amides is 3. The topological polar surface area (TPSA) is 61.4 Å². The summed E-state index contributed by atoms with van der Waals surface area (Å²) in [6, 6.07) is -0.318. The lowest BCUT2D eigenvalue weighted by Gasteiger charge is -2.23. The molecule has 1 unspecified atom stereocenters. The third kappa shape index (κ3) is 2.28. The first-order chi connectivity index (χ1) is 6.90. The predicted octanol–water partition coefficient (Wildman–Crippen LogP) is 0.662. The van der Waals surface area contributed by atoms with E-state index in [-0.39, 0.29) is 18.1 Å². The fourth-order valence-corrected chi connectivity index (χ4v) is 1.57. The minimum Gasteiger partial charge on any atom is -0.324 e. The Morgan fingerprint density at radius 1 is 1.47 bits per heavy atom. The van der Waals surface area contributed by atoms with Crippen LogP contribution >= 0.6 is 0 Å². The van der Waals surface area contributed by atoms with E-state index in [9.17, 15) is 9.59 Å². The molecule has 0 aliphatic carbocycles. The van der Waals surface area contributed by atoms with Crippen LogP contribution in [0.1, 0.15) is 34.1 Å². The molecule has 0 bridgehead atoms. The molecule has 0 saturated carbocycles. The maximum atomic E-state index is 11.8. The Morgan fingerprint density at radius 3 is 2.47 bits per heavy atom. The van der Waals surface area contributed by atoms with Crippen LogP contribution in [0.25, 0.3) is 0 Å². The Morgan fingerprint density at radius 2 is 2.07 bits per heavy atom. The number of hydrogen-bond acceptors (Lipinski definition) is 3. The molecule has 0 aromatic carbocycles. The van der Waals surface area contributed by atoms with Gasteiger partial charge in [-0.2, -0.15) is 0 Å². The van der Waals surface area contributed by atoms with Crippen molar-refractivity contribution >= 4 is 11.9 Å². The molecule has 5 nitrogen and oxygen atoms in total. The molecule has 0 radical (unpaired) electrons. The van der Waals surface area contributed by atoms with Crippen molar-refractivity contribution in [3.63, 3.8) is 0 Å². The van der Waals surface area contributed by atoms with Crippen molar-refractivity contribution in [2.24, 2.45) is 0 Å². The molecule has 1 fully saturated rings. The third-order valence-corrected chi connectivity index (χ3v) is 2.47. The number of nitrogens with zero attached hydrogens (tertiary/aromatic N) is 1. The maximum absolute atomic E-state index is 11.8. The SMILES string of the molecule is CCCNC(C)N1C(=O)NC(C)(C)C1=O. The molecule has 1 aliphatic rings. The van der Waals surface area contributed by atoms with Gasteiger partial charge in [-0.05, 0) is 33.7 Å². The van der Waals surface area contributed by atoms with E-state index in [1.54, 1.807) is 13.8 Å². The van der Waals surface area contributed by atoms with Crippen LogP contribution in [0.15, 0.2) is 0 Å². The van der Waals surface area contributed by atoms with Crippen molar-refractivity contribution in [1.29, 1.82) is 0 Å². The number of urea groups is 1. The van der Waals surface area contributed by atoms with Crippen LogP contribution in [0.2, 0.25) is 0 Å². The second kappa shape index (κ2) is 4.18. The molecular formula is C10H19N3O2. The van der Waals surface area contributed by atoms with Crippen LogP contribution in [0.4, 0.5) is 4.79 Å². The molecule has 1 aliphatic heterocycles. The zero-order valence-corrected chi connectivity index (χ0v) is 9.76. The summed E-state index contributed by atoms with van der Waals surface area (Å²) in [4.78, 5) is 24.6. The third-order valence-electron chi connectivity index (χ3n) is 2.47. The van der Waals surface area contributed by atoms with Gasteiger partial charge >= 0.3 is 6.03 Å². The van der Waals surface area contributed by atoms with Gasteiger partial charge in [-0.15, -0.1) is 0 Å². The lowest BCUT2D eigenvalue weighted by Crippen LogP contribution is -2.48. The minimum absolute atomic E-state index is 0.177. The largest absolute Gasteiger partial charge is 0.326 e. The summed E-state index contributed by atoms with van der Waals surface area (Å²) < 4.78 is 0. The Hall–Kier alpha value is -1.10. The first-order valence-electron chi connectivity index (χ1n) is 5.29. The van der Waals surface area contributed by atoms with Crippen molar-refractivity contribution in [3.8, 4) is 0 Å². The second-order valence-electron chi connectivity index (χ2n) is 4.36. The summed E-state index contributed by atoms with van der Waals surface area (Å²) >= 11 is 0. The molecule has 1 saturated heterocycles. The van der Waals surface area contributed by atoms with E-state index in [1.165, 1.54) is 4.90 Å². The van der Waals surface area contributed by atoms with Crippen LogP contribution < -0.4 is 10.6 Å². The average Bonchev–Trinajstić information content (AvgIpc) is 2.33. The lowest BCUT2D eigenvalue weighted by atomic mass is 10.1. The van der Waals surface area contributed by atoms with E-state index in [1.807, 2.05) is 13.8 Å². The van der Waals surface area contributed by atoms with E-state index in [0.717, 1.165) is 13.0 Å². The van der Waals surface area contributed by atoms with Gasteiger partial charge in [0.2, 0.25) is 0 Å². The van der Waals surface area contributed by atoms with Gasteiger partial charge in [-0.1, -0.05) is 6.92 Å². The molecule has 1 atom stereocenters. The molecule has 0 aromatic heterocycles. The molecule has 15 heavy (non-hydrogen) atoms. The quantitative estimate of drug-likeness (QED) is 0.674. The lowest BCUT2D eigenvalue weighted by molar-refractivity contribution is -0.132. The van der Waals surface area contributed by atoms with E-state index >= 15 is 0 Å². The number of rotatable bonds is 4. The van der Waals surface area contributed by atoms with Gasteiger partial charge < -0.3 is 5.32 Å². The van der Waals surface area contributed by atoms with Gasteiger partial charge in [0.1, 0.15) is 5.54 Å². The van der Waals surface area contributed by atoms with E-state index < -0.39 is 5.54 Å². The van der Waals surface area contributed by atoms with Crippen LogP contribution in [-0.4, -0.2) is 35.1 Å². The van der Waals surface area contributed by atoms with Crippen molar-refractivity contribution in [2.45, 2.75) is 45.8 Å². The number of nitrogens with one attached hydrogen (secondary N) is 2. The van der Waals surface area contributed by atoms with E-state index in [4.69, 9.17) is 0 Å². The normalized spacial score (nSPS) is 21.7. The second-order valence-corrected chi connectivity index (χ2v) is 4.36. The Bertz CT molecular complexity index is 276. The van der Waals surface area contributed by atoms with Crippen LogP contribution in [0.3, 0.4) is 0 Å². The van der Waals surface area contributed by atoms with Crippen molar-refractivity contribution < 1.29 is 9.59 Å². The first-order valence-corrected chi connectivity index (χ1v) is 5.29. The molecular weight excluding hydrogens is 194 g/mol. The number of carbonyl (C=O) groups excluding carboxylic acids is 2. The van der Waals surface area contributed by atoms with Crippen molar-refractivity contribution in [2.75, 3.05) is 6.54 Å². The molecule has 0 spiro atoms. The maximum Gasteiger partial charge on any atom is 0.326 e. The summed E-state index contributed by atoms with van der Waals surface area (Å²) in [7, 11) is 0. The zero-order chi connectivity index (χ0) is 11.6. The Balaban J connectivity index is 2.70. The molecule has 1 heterocycles. The van der Waals surface area contributed by atoms with Gasteiger partial charge in [0.25, 0.3) is 5.91 Å². The fraction of sp³-hybridized carbons (Fsp3) is 0.800. The van der Waals surface area contributed by atoms with Crippen LogP contribution in [0.5, 0.6) is 0 Å². The van der Waals surface area contributed by atoms with Gasteiger partial charge in [-0.3, -0.25) is 10.1 Å². The molecule has 3 amide bonds. The Labute approximate surface area is 90.2 Å². The fourth-order valence-electron chi connectivity index (χ4n) is 1.57. The summed E-state index contributed by atoms with van der Waals surface area (Å²) in [5.74, 6) is -0.177. The smallest absolute Gasteiger partial charge is 0.324 e. The summed E-state index contributed by atoms with van der Waals surface area (Å²) in [6.07, 6.45) is 0.719. The first kappa shape index (κ1) is 12.0. The highest BCUT2D eigenvalue weighted by Crippen LogP contribution is 2.17. The number of imide groups is 1. The molecule has 5 heteroatoms. The van der Waals surface area contributed by atoms with Gasteiger partial charge in [-0.25, -0.2) is 9.69 Å².